The number of benzene rings is 1. The summed E-state index contributed by atoms with van der Waals surface area (Å²) in [5.74, 6) is 0.877. The second-order valence-electron chi connectivity index (χ2n) is 5.03. The molecule has 0 aliphatic heterocycles. The average molecular weight is 325 g/mol. The summed E-state index contributed by atoms with van der Waals surface area (Å²) in [4.78, 5) is 4.79. The van der Waals surface area contributed by atoms with Crippen molar-refractivity contribution < 1.29 is 8.42 Å². The molecule has 22 heavy (non-hydrogen) atoms. The molecule has 0 fully saturated rings. The standard InChI is InChI=1S/C16H27N3O2S/c1-3-5-12-18-16(17-4-2)19-13-9-14-22(20,21)15-10-7-6-8-11-15/h6-8,10-11H,3-5,9,12-14H2,1-2H3,(H2,17,18,19). The van der Waals surface area contributed by atoms with Crippen molar-refractivity contribution >= 4 is 15.8 Å². The second-order valence-corrected chi connectivity index (χ2v) is 7.14. The van der Waals surface area contributed by atoms with Gasteiger partial charge in [-0.15, -0.1) is 0 Å². The maximum Gasteiger partial charge on any atom is 0.191 e. The van der Waals surface area contributed by atoms with Gasteiger partial charge >= 0.3 is 0 Å². The largest absolute Gasteiger partial charge is 0.357 e. The molecule has 0 amide bonds. The molecule has 124 valence electrons. The third-order valence-electron chi connectivity index (χ3n) is 3.11. The zero-order valence-corrected chi connectivity index (χ0v) is 14.3. The van der Waals surface area contributed by atoms with E-state index in [1.807, 2.05) is 13.0 Å². The van der Waals surface area contributed by atoms with Crippen LogP contribution in [0.2, 0.25) is 0 Å². The van der Waals surface area contributed by atoms with E-state index in [4.69, 9.17) is 0 Å². The Labute approximate surface area is 134 Å². The van der Waals surface area contributed by atoms with Gasteiger partial charge in [0.15, 0.2) is 15.8 Å². The fraction of sp³-hybridized carbons (Fsp3) is 0.562. The van der Waals surface area contributed by atoms with Gasteiger partial charge in [0.25, 0.3) is 0 Å². The van der Waals surface area contributed by atoms with Crippen LogP contribution < -0.4 is 10.6 Å². The number of nitrogens with zero attached hydrogens (tertiary/aromatic N) is 1. The van der Waals surface area contributed by atoms with Crippen LogP contribution in [0.25, 0.3) is 0 Å². The van der Waals surface area contributed by atoms with E-state index in [2.05, 4.69) is 22.5 Å². The minimum absolute atomic E-state index is 0.120. The van der Waals surface area contributed by atoms with Crippen LogP contribution in [0.15, 0.2) is 40.2 Å². The van der Waals surface area contributed by atoms with Crippen molar-refractivity contribution in [3.63, 3.8) is 0 Å². The van der Waals surface area contributed by atoms with Crippen molar-refractivity contribution in [1.29, 1.82) is 0 Å². The van der Waals surface area contributed by atoms with Gasteiger partial charge in [0.2, 0.25) is 0 Å². The number of guanidine groups is 1. The summed E-state index contributed by atoms with van der Waals surface area (Å²) in [6.07, 6.45) is 2.73. The first-order valence-electron chi connectivity index (χ1n) is 7.90. The highest BCUT2D eigenvalue weighted by Gasteiger charge is 2.12. The molecule has 0 heterocycles. The summed E-state index contributed by atoms with van der Waals surface area (Å²) < 4.78 is 24.3. The van der Waals surface area contributed by atoms with Crippen molar-refractivity contribution in [2.24, 2.45) is 4.99 Å². The minimum atomic E-state index is -3.20. The number of rotatable bonds is 9. The lowest BCUT2D eigenvalue weighted by atomic mass is 10.3. The molecule has 1 rings (SSSR count). The molecule has 0 atom stereocenters. The number of hydrogen-bond donors (Lipinski definition) is 2. The number of unbranched alkanes of at least 4 members (excludes halogenated alkanes) is 1. The summed E-state index contributed by atoms with van der Waals surface area (Å²) in [6, 6.07) is 8.57. The molecule has 1 aromatic carbocycles. The molecule has 0 saturated heterocycles. The van der Waals surface area contributed by atoms with Crippen LogP contribution in [0.4, 0.5) is 0 Å². The van der Waals surface area contributed by atoms with E-state index in [1.165, 1.54) is 0 Å². The highest BCUT2D eigenvalue weighted by Crippen LogP contribution is 2.10. The van der Waals surface area contributed by atoms with Gasteiger partial charge in [-0.1, -0.05) is 31.5 Å². The van der Waals surface area contributed by atoms with Crippen molar-refractivity contribution in [1.82, 2.24) is 10.6 Å². The Kier molecular flexibility index (Phi) is 8.58. The Balaban J connectivity index is 2.45. The Morgan fingerprint density at radius 2 is 1.82 bits per heavy atom. The molecule has 0 aromatic heterocycles. The Morgan fingerprint density at radius 3 is 2.45 bits per heavy atom. The molecule has 0 saturated carbocycles. The molecular formula is C16H27N3O2S. The van der Waals surface area contributed by atoms with Crippen LogP contribution in [0, 0.1) is 0 Å². The van der Waals surface area contributed by atoms with Crippen LogP contribution in [0.1, 0.15) is 33.1 Å². The molecule has 0 bridgehead atoms. The smallest absolute Gasteiger partial charge is 0.191 e. The maximum atomic E-state index is 12.1. The van der Waals surface area contributed by atoms with Gasteiger partial charge in [0.1, 0.15) is 0 Å². The topological polar surface area (TPSA) is 70.6 Å². The lowest BCUT2D eigenvalue weighted by Gasteiger charge is -2.10. The average Bonchev–Trinajstić information content (AvgIpc) is 2.52. The van der Waals surface area contributed by atoms with E-state index < -0.39 is 9.84 Å². The number of sulfone groups is 1. The molecule has 2 N–H and O–H groups in total. The summed E-state index contributed by atoms with van der Waals surface area (Å²) >= 11 is 0. The summed E-state index contributed by atoms with van der Waals surface area (Å²) in [5, 5.41) is 6.40. The normalized spacial score (nSPS) is 12.2. The van der Waals surface area contributed by atoms with E-state index in [-0.39, 0.29) is 5.75 Å². The Hall–Kier alpha value is -1.56. The lowest BCUT2D eigenvalue weighted by molar-refractivity contribution is 0.593. The van der Waals surface area contributed by atoms with Gasteiger partial charge in [0.05, 0.1) is 10.6 Å². The first-order chi connectivity index (χ1) is 10.6. The highest BCUT2D eigenvalue weighted by molar-refractivity contribution is 7.91. The third kappa shape index (κ3) is 6.93. The fourth-order valence-corrected chi connectivity index (χ4v) is 3.23. The molecule has 0 radical (unpaired) electrons. The number of aliphatic imine (C=N–C) groups is 1. The molecule has 0 unspecified atom stereocenters. The van der Waals surface area contributed by atoms with Gasteiger partial charge in [0, 0.05) is 19.6 Å². The van der Waals surface area contributed by atoms with Gasteiger partial charge in [-0.3, -0.25) is 4.99 Å². The van der Waals surface area contributed by atoms with Crippen molar-refractivity contribution in [3.8, 4) is 0 Å². The van der Waals surface area contributed by atoms with E-state index >= 15 is 0 Å². The zero-order valence-electron chi connectivity index (χ0n) is 13.5. The van der Waals surface area contributed by atoms with Crippen LogP contribution in [0.5, 0.6) is 0 Å². The first-order valence-corrected chi connectivity index (χ1v) is 9.55. The fourth-order valence-electron chi connectivity index (χ4n) is 1.92. The predicted octanol–water partition coefficient (Wildman–Crippen LogP) is 2.21. The molecular weight excluding hydrogens is 298 g/mol. The highest BCUT2D eigenvalue weighted by atomic mass is 32.2. The third-order valence-corrected chi connectivity index (χ3v) is 4.93. The van der Waals surface area contributed by atoms with Crippen molar-refractivity contribution in [3.05, 3.63) is 30.3 Å². The van der Waals surface area contributed by atoms with Gasteiger partial charge in [-0.2, -0.15) is 0 Å². The lowest BCUT2D eigenvalue weighted by Crippen LogP contribution is -2.37. The van der Waals surface area contributed by atoms with Crippen LogP contribution in [-0.4, -0.2) is 39.8 Å². The molecule has 0 aliphatic carbocycles. The van der Waals surface area contributed by atoms with Crippen LogP contribution in [-0.2, 0) is 9.84 Å². The maximum absolute atomic E-state index is 12.1. The van der Waals surface area contributed by atoms with Crippen molar-refractivity contribution in [2.45, 2.75) is 38.0 Å². The molecule has 5 nitrogen and oxygen atoms in total. The van der Waals surface area contributed by atoms with Gasteiger partial charge in [-0.05, 0) is 31.9 Å². The Bertz CT molecular complexity index is 542. The van der Waals surface area contributed by atoms with E-state index in [9.17, 15) is 8.42 Å². The molecule has 6 heteroatoms. The van der Waals surface area contributed by atoms with Crippen molar-refractivity contribution in [2.75, 3.05) is 25.4 Å². The summed E-state index contributed by atoms with van der Waals surface area (Å²) in [5.41, 5.74) is 0. The number of nitrogens with one attached hydrogen (secondary N) is 2. The Morgan fingerprint density at radius 1 is 1.09 bits per heavy atom. The predicted molar refractivity (Wildman–Crippen MR) is 92.0 cm³/mol. The van der Waals surface area contributed by atoms with Crippen LogP contribution >= 0.6 is 0 Å². The summed E-state index contributed by atoms with van der Waals surface area (Å²) in [7, 11) is -3.20. The molecule has 0 aliphatic rings. The quantitative estimate of drug-likeness (QED) is 0.415. The minimum Gasteiger partial charge on any atom is -0.357 e. The van der Waals surface area contributed by atoms with E-state index in [1.54, 1.807) is 24.3 Å². The van der Waals surface area contributed by atoms with Gasteiger partial charge < -0.3 is 10.6 Å². The van der Waals surface area contributed by atoms with Gasteiger partial charge in [-0.25, -0.2) is 8.42 Å². The zero-order chi connectivity index (χ0) is 16.3. The summed E-state index contributed by atoms with van der Waals surface area (Å²) in [6.45, 7) is 6.31. The number of hydrogen-bond acceptors (Lipinski definition) is 3. The van der Waals surface area contributed by atoms with E-state index in [0.29, 0.717) is 17.9 Å². The molecule has 0 spiro atoms. The molecule has 1 aromatic rings. The SMILES string of the molecule is CCCCNC(=NCCCS(=O)(=O)c1ccccc1)NCC. The van der Waals surface area contributed by atoms with Crippen LogP contribution in [0.3, 0.4) is 0 Å². The monoisotopic (exact) mass is 325 g/mol. The van der Waals surface area contributed by atoms with E-state index in [0.717, 1.165) is 31.9 Å². The first kappa shape index (κ1) is 18.5. The second kappa shape index (κ2) is 10.2.